The Morgan fingerprint density at radius 2 is 1.97 bits per heavy atom. The standard InChI is InChI=1S/C26H26ClF2N3S2/c1-26(19-8-11-22(12-9-19)34-30-2)13-3-5-20(28)6-4-14-32-24(26)16-31-25(32)33-17-18-7-10-21(29)15-23(18)27/h4-12,15-16,30H,3,13-14,17H2,1-2H3/b6-4-,20-5+. The molecule has 1 aliphatic heterocycles. The van der Waals surface area contributed by atoms with E-state index in [0.29, 0.717) is 23.7 Å². The van der Waals surface area contributed by atoms with Crippen LogP contribution in [0.25, 0.3) is 0 Å². The normalized spacial score (nSPS) is 20.9. The van der Waals surface area contributed by atoms with Crippen molar-refractivity contribution in [1.29, 1.82) is 0 Å². The van der Waals surface area contributed by atoms with Gasteiger partial charge in [0.1, 0.15) is 11.6 Å². The number of aromatic nitrogens is 2. The van der Waals surface area contributed by atoms with E-state index in [2.05, 4.69) is 40.5 Å². The summed E-state index contributed by atoms with van der Waals surface area (Å²) in [6, 6.07) is 12.9. The van der Waals surface area contributed by atoms with Crippen molar-refractivity contribution in [3.05, 3.63) is 100 Å². The summed E-state index contributed by atoms with van der Waals surface area (Å²) in [5, 5.41) is 1.22. The third-order valence-electron chi connectivity index (χ3n) is 6.02. The second-order valence-electron chi connectivity index (χ2n) is 8.25. The number of rotatable bonds is 6. The number of nitrogens with zero attached hydrogens (tertiary/aromatic N) is 2. The van der Waals surface area contributed by atoms with E-state index in [4.69, 9.17) is 16.6 Å². The van der Waals surface area contributed by atoms with Crippen LogP contribution in [0, 0.1) is 5.82 Å². The molecule has 178 valence electrons. The summed E-state index contributed by atoms with van der Waals surface area (Å²) in [4.78, 5) is 5.87. The lowest BCUT2D eigenvalue weighted by Crippen LogP contribution is -2.27. The summed E-state index contributed by atoms with van der Waals surface area (Å²) in [5.41, 5.74) is 2.72. The molecular formula is C26H26ClF2N3S2. The van der Waals surface area contributed by atoms with Gasteiger partial charge in [-0.1, -0.05) is 47.6 Å². The summed E-state index contributed by atoms with van der Waals surface area (Å²) in [5.74, 6) is -0.0219. The molecule has 0 saturated heterocycles. The third-order valence-corrected chi connectivity index (χ3v) is 8.12. The van der Waals surface area contributed by atoms with Gasteiger partial charge in [-0.25, -0.2) is 13.8 Å². The minimum atomic E-state index is -0.357. The highest BCUT2D eigenvalue weighted by Crippen LogP contribution is 2.40. The maximum absolute atomic E-state index is 14.3. The van der Waals surface area contributed by atoms with E-state index in [0.717, 1.165) is 33.3 Å². The molecule has 0 aliphatic carbocycles. The van der Waals surface area contributed by atoms with Gasteiger partial charge in [0.05, 0.1) is 6.20 Å². The van der Waals surface area contributed by atoms with Crippen molar-refractivity contribution in [2.75, 3.05) is 7.05 Å². The Balaban J connectivity index is 1.71. The van der Waals surface area contributed by atoms with Gasteiger partial charge in [-0.2, -0.15) is 0 Å². The first kappa shape index (κ1) is 25.0. The second kappa shape index (κ2) is 11.1. The van der Waals surface area contributed by atoms with Crippen LogP contribution < -0.4 is 4.72 Å². The van der Waals surface area contributed by atoms with E-state index in [1.807, 2.05) is 19.3 Å². The molecule has 1 aromatic heterocycles. The van der Waals surface area contributed by atoms with Crippen molar-refractivity contribution >= 4 is 35.3 Å². The number of benzene rings is 2. The zero-order chi connectivity index (χ0) is 24.1. The Labute approximate surface area is 212 Å². The Bertz CT molecular complexity index is 1210. The van der Waals surface area contributed by atoms with E-state index in [9.17, 15) is 8.78 Å². The maximum Gasteiger partial charge on any atom is 0.168 e. The molecule has 2 heterocycles. The van der Waals surface area contributed by atoms with E-state index >= 15 is 0 Å². The van der Waals surface area contributed by atoms with Crippen molar-refractivity contribution in [2.45, 2.75) is 47.5 Å². The molecule has 8 heteroatoms. The summed E-state index contributed by atoms with van der Waals surface area (Å²) in [7, 11) is 1.90. The Hall–Kier alpha value is -2.06. The highest BCUT2D eigenvalue weighted by Gasteiger charge is 2.33. The molecule has 0 amide bonds. The van der Waals surface area contributed by atoms with Crippen LogP contribution >= 0.6 is 35.3 Å². The zero-order valence-electron chi connectivity index (χ0n) is 19.0. The minimum Gasteiger partial charge on any atom is -0.318 e. The fraction of sp³-hybridized carbons (Fsp3) is 0.269. The first-order valence-corrected chi connectivity index (χ1v) is 13.2. The van der Waals surface area contributed by atoms with Crippen molar-refractivity contribution in [2.24, 2.45) is 0 Å². The Kier molecular flexibility index (Phi) is 8.19. The summed E-state index contributed by atoms with van der Waals surface area (Å²) in [6.45, 7) is 2.70. The van der Waals surface area contributed by atoms with Gasteiger partial charge >= 0.3 is 0 Å². The van der Waals surface area contributed by atoms with Crippen molar-refractivity contribution in [1.82, 2.24) is 14.3 Å². The fourth-order valence-electron chi connectivity index (χ4n) is 4.14. The number of imidazole rings is 1. The van der Waals surface area contributed by atoms with Crippen LogP contribution in [0.2, 0.25) is 5.02 Å². The van der Waals surface area contributed by atoms with Crippen molar-refractivity contribution in [3.63, 3.8) is 0 Å². The number of halogens is 3. The monoisotopic (exact) mass is 517 g/mol. The predicted molar refractivity (Wildman–Crippen MR) is 139 cm³/mol. The molecule has 34 heavy (non-hydrogen) atoms. The number of hydrogen-bond donors (Lipinski definition) is 1. The summed E-state index contributed by atoms with van der Waals surface area (Å²) >= 11 is 9.34. The Morgan fingerprint density at radius 3 is 2.71 bits per heavy atom. The molecule has 1 atom stereocenters. The Morgan fingerprint density at radius 1 is 1.18 bits per heavy atom. The largest absolute Gasteiger partial charge is 0.318 e. The molecule has 1 N–H and O–H groups in total. The van der Waals surface area contributed by atoms with Crippen LogP contribution in [0.5, 0.6) is 0 Å². The number of fused-ring (bicyclic) bond motifs is 1. The zero-order valence-corrected chi connectivity index (χ0v) is 21.4. The van der Waals surface area contributed by atoms with E-state index in [-0.39, 0.29) is 17.1 Å². The first-order valence-electron chi connectivity index (χ1n) is 11.0. The van der Waals surface area contributed by atoms with Gasteiger partial charge in [0.2, 0.25) is 0 Å². The lowest BCUT2D eigenvalue weighted by atomic mass is 9.75. The van der Waals surface area contributed by atoms with E-state index in [1.54, 1.807) is 24.1 Å². The smallest absolute Gasteiger partial charge is 0.168 e. The highest BCUT2D eigenvalue weighted by molar-refractivity contribution is 7.98. The molecule has 0 radical (unpaired) electrons. The van der Waals surface area contributed by atoms with Gasteiger partial charge in [0.15, 0.2) is 5.16 Å². The van der Waals surface area contributed by atoms with Crippen LogP contribution in [0.4, 0.5) is 8.78 Å². The predicted octanol–water partition coefficient (Wildman–Crippen LogP) is 7.70. The molecule has 0 spiro atoms. The quantitative estimate of drug-likeness (QED) is 0.268. The molecule has 1 unspecified atom stereocenters. The van der Waals surface area contributed by atoms with E-state index < -0.39 is 0 Å². The van der Waals surface area contributed by atoms with Gasteiger partial charge in [0.25, 0.3) is 0 Å². The van der Waals surface area contributed by atoms with Crippen molar-refractivity contribution in [3.8, 4) is 0 Å². The van der Waals surface area contributed by atoms with Crippen LogP contribution in [-0.2, 0) is 17.7 Å². The molecule has 0 saturated carbocycles. The summed E-state index contributed by atoms with van der Waals surface area (Å²) < 4.78 is 32.9. The second-order valence-corrected chi connectivity index (χ2v) is 10.7. The topological polar surface area (TPSA) is 29.9 Å². The number of nitrogens with one attached hydrogen (secondary N) is 1. The minimum absolute atomic E-state index is 0.223. The van der Waals surface area contributed by atoms with Gasteiger partial charge in [-0.15, -0.1) is 0 Å². The molecule has 0 fully saturated rings. The van der Waals surface area contributed by atoms with Gasteiger partial charge in [0, 0.05) is 33.3 Å². The van der Waals surface area contributed by atoms with Crippen LogP contribution in [0.1, 0.15) is 36.6 Å². The molecule has 0 bridgehead atoms. The van der Waals surface area contributed by atoms with Crippen molar-refractivity contribution < 1.29 is 8.78 Å². The number of allylic oxidation sites excluding steroid dienone is 4. The highest BCUT2D eigenvalue weighted by atomic mass is 35.5. The summed E-state index contributed by atoms with van der Waals surface area (Å²) in [6.07, 6.45) is 8.27. The number of hydrogen-bond acceptors (Lipinski definition) is 4. The lowest BCUT2D eigenvalue weighted by Gasteiger charge is -2.32. The molecule has 3 nitrogen and oxygen atoms in total. The number of thioether (sulfide) groups is 1. The molecule has 3 aromatic rings. The molecular weight excluding hydrogens is 492 g/mol. The average Bonchev–Trinajstić information content (AvgIpc) is 3.22. The van der Waals surface area contributed by atoms with Gasteiger partial charge in [-0.05, 0) is 86.3 Å². The molecule has 1 aliphatic rings. The molecule has 4 rings (SSSR count). The van der Waals surface area contributed by atoms with E-state index in [1.165, 1.54) is 30.0 Å². The fourth-order valence-corrected chi connectivity index (χ4v) is 5.95. The third kappa shape index (κ3) is 5.60. The first-order chi connectivity index (χ1) is 16.4. The van der Waals surface area contributed by atoms with Crippen LogP contribution in [-0.4, -0.2) is 16.6 Å². The SMILES string of the molecule is CNSc1ccc(C2(C)CC/C=C(F)\C=C/Cn3c2cnc3SCc2ccc(F)cc2Cl)cc1. The lowest BCUT2D eigenvalue weighted by molar-refractivity contribution is 0.473. The van der Waals surface area contributed by atoms with Gasteiger partial charge < -0.3 is 4.57 Å². The van der Waals surface area contributed by atoms with Crippen LogP contribution in [0.15, 0.2) is 82.8 Å². The average molecular weight is 518 g/mol. The molecule has 2 aromatic carbocycles. The van der Waals surface area contributed by atoms with Crippen LogP contribution in [0.3, 0.4) is 0 Å². The van der Waals surface area contributed by atoms with Gasteiger partial charge in [-0.3, -0.25) is 4.72 Å². The maximum atomic E-state index is 14.3.